The SMILES string of the molecule is CN(CCC[C@H](NS(=O)(=O)c1ccc(-c2ccc(Cl)cc2)cc1)C(=O)O)C(=O)C1CC1. The van der Waals surface area contributed by atoms with E-state index in [-0.39, 0.29) is 23.1 Å². The topological polar surface area (TPSA) is 104 Å². The van der Waals surface area contributed by atoms with Crippen molar-refractivity contribution in [1.82, 2.24) is 9.62 Å². The van der Waals surface area contributed by atoms with Gasteiger partial charge in [0.1, 0.15) is 6.04 Å². The van der Waals surface area contributed by atoms with Gasteiger partial charge in [0.2, 0.25) is 15.9 Å². The molecule has 1 saturated carbocycles. The van der Waals surface area contributed by atoms with E-state index in [1.807, 2.05) is 12.1 Å². The molecule has 0 saturated heterocycles. The molecule has 0 heterocycles. The zero-order chi connectivity index (χ0) is 22.6. The van der Waals surface area contributed by atoms with Crippen LogP contribution in [-0.4, -0.2) is 49.9 Å². The maximum atomic E-state index is 12.7. The van der Waals surface area contributed by atoms with Gasteiger partial charge in [-0.05, 0) is 61.1 Å². The Hall–Kier alpha value is -2.42. The summed E-state index contributed by atoms with van der Waals surface area (Å²) in [5.74, 6) is -1.10. The lowest BCUT2D eigenvalue weighted by Gasteiger charge is -2.19. The molecule has 0 radical (unpaired) electrons. The van der Waals surface area contributed by atoms with E-state index in [0.717, 1.165) is 24.0 Å². The van der Waals surface area contributed by atoms with Crippen LogP contribution in [-0.2, 0) is 19.6 Å². The molecule has 166 valence electrons. The summed E-state index contributed by atoms with van der Waals surface area (Å²) in [6.07, 6.45) is 2.26. The van der Waals surface area contributed by atoms with Crippen molar-refractivity contribution in [2.75, 3.05) is 13.6 Å². The third-order valence-corrected chi connectivity index (χ3v) is 6.97. The van der Waals surface area contributed by atoms with Gasteiger partial charge in [-0.2, -0.15) is 4.72 Å². The van der Waals surface area contributed by atoms with Gasteiger partial charge in [-0.1, -0.05) is 35.9 Å². The Balaban J connectivity index is 1.61. The molecule has 0 spiro atoms. The van der Waals surface area contributed by atoms with Gasteiger partial charge < -0.3 is 10.0 Å². The molecule has 0 aromatic heterocycles. The van der Waals surface area contributed by atoms with Crippen molar-refractivity contribution in [3.05, 3.63) is 53.6 Å². The van der Waals surface area contributed by atoms with Crippen molar-refractivity contribution in [1.29, 1.82) is 0 Å². The fourth-order valence-corrected chi connectivity index (χ4v) is 4.59. The number of amides is 1. The van der Waals surface area contributed by atoms with E-state index < -0.39 is 22.0 Å². The van der Waals surface area contributed by atoms with Gasteiger partial charge in [0.25, 0.3) is 0 Å². The van der Waals surface area contributed by atoms with Crippen LogP contribution in [0.1, 0.15) is 25.7 Å². The molecule has 9 heteroatoms. The minimum Gasteiger partial charge on any atom is -0.480 e. The highest BCUT2D eigenvalue weighted by Crippen LogP contribution is 2.30. The molecule has 31 heavy (non-hydrogen) atoms. The minimum atomic E-state index is -4.01. The van der Waals surface area contributed by atoms with Crippen molar-refractivity contribution in [3.8, 4) is 11.1 Å². The summed E-state index contributed by atoms with van der Waals surface area (Å²) < 4.78 is 27.6. The average molecular weight is 465 g/mol. The highest BCUT2D eigenvalue weighted by Gasteiger charge is 2.32. The molecule has 3 rings (SSSR count). The van der Waals surface area contributed by atoms with Gasteiger partial charge in [-0.15, -0.1) is 0 Å². The molecule has 1 atom stereocenters. The number of nitrogens with one attached hydrogen (secondary N) is 1. The summed E-state index contributed by atoms with van der Waals surface area (Å²) in [7, 11) is -2.33. The first-order valence-corrected chi connectivity index (χ1v) is 11.9. The van der Waals surface area contributed by atoms with Crippen LogP contribution in [0.15, 0.2) is 53.4 Å². The summed E-state index contributed by atoms with van der Waals surface area (Å²) in [6, 6.07) is 12.1. The molecule has 2 aromatic rings. The van der Waals surface area contributed by atoms with Gasteiger partial charge in [-0.3, -0.25) is 9.59 Å². The number of carboxylic acid groups (broad SMARTS) is 1. The van der Waals surface area contributed by atoms with E-state index in [4.69, 9.17) is 11.6 Å². The normalized spacial score (nSPS) is 14.8. The highest BCUT2D eigenvalue weighted by atomic mass is 35.5. The van der Waals surface area contributed by atoms with Crippen LogP contribution in [0, 0.1) is 5.92 Å². The number of carbonyl (C=O) groups is 2. The van der Waals surface area contributed by atoms with Crippen LogP contribution in [0.5, 0.6) is 0 Å². The zero-order valence-corrected chi connectivity index (χ0v) is 18.7. The Labute approximate surface area is 187 Å². The second-order valence-electron chi connectivity index (χ2n) is 7.72. The Morgan fingerprint density at radius 1 is 1.10 bits per heavy atom. The molecule has 1 fully saturated rings. The quantitative estimate of drug-likeness (QED) is 0.561. The van der Waals surface area contributed by atoms with E-state index in [2.05, 4.69) is 4.72 Å². The number of halogens is 1. The number of sulfonamides is 1. The number of aliphatic carboxylic acids is 1. The average Bonchev–Trinajstić information content (AvgIpc) is 3.58. The summed E-state index contributed by atoms with van der Waals surface area (Å²) >= 11 is 5.89. The van der Waals surface area contributed by atoms with Crippen molar-refractivity contribution >= 4 is 33.5 Å². The maximum Gasteiger partial charge on any atom is 0.321 e. The lowest BCUT2D eigenvalue weighted by atomic mass is 10.1. The Morgan fingerprint density at radius 2 is 1.65 bits per heavy atom. The van der Waals surface area contributed by atoms with E-state index in [1.54, 1.807) is 36.2 Å². The van der Waals surface area contributed by atoms with Crippen molar-refractivity contribution in [2.45, 2.75) is 36.6 Å². The predicted molar refractivity (Wildman–Crippen MR) is 118 cm³/mol. The molecule has 1 aliphatic rings. The molecule has 0 unspecified atom stereocenters. The van der Waals surface area contributed by atoms with Gasteiger partial charge in [0.05, 0.1) is 4.90 Å². The zero-order valence-electron chi connectivity index (χ0n) is 17.1. The lowest BCUT2D eigenvalue weighted by Crippen LogP contribution is -2.41. The second kappa shape index (κ2) is 9.80. The van der Waals surface area contributed by atoms with E-state index in [9.17, 15) is 23.1 Å². The Kier molecular flexibility index (Phi) is 7.35. The number of hydrogen-bond acceptors (Lipinski definition) is 4. The number of carboxylic acids is 1. The summed E-state index contributed by atoms with van der Waals surface area (Å²) in [5.41, 5.74) is 1.70. The minimum absolute atomic E-state index is 0.0162. The van der Waals surface area contributed by atoms with Crippen molar-refractivity contribution < 1.29 is 23.1 Å². The monoisotopic (exact) mass is 464 g/mol. The first kappa shape index (κ1) is 23.2. The van der Waals surface area contributed by atoms with Crippen molar-refractivity contribution in [3.63, 3.8) is 0 Å². The summed E-state index contributed by atoms with van der Waals surface area (Å²) in [4.78, 5) is 25.1. The third-order valence-electron chi connectivity index (χ3n) is 5.23. The number of rotatable bonds is 10. The van der Waals surface area contributed by atoms with Crippen LogP contribution in [0.25, 0.3) is 11.1 Å². The fourth-order valence-electron chi connectivity index (χ4n) is 3.24. The molecular weight excluding hydrogens is 440 g/mol. The number of carbonyl (C=O) groups excluding carboxylic acids is 1. The van der Waals surface area contributed by atoms with Crippen LogP contribution >= 0.6 is 11.6 Å². The van der Waals surface area contributed by atoms with E-state index in [0.29, 0.717) is 18.0 Å². The summed E-state index contributed by atoms with van der Waals surface area (Å²) in [6.45, 7) is 0.386. The molecule has 0 bridgehead atoms. The molecule has 2 aromatic carbocycles. The van der Waals surface area contributed by atoms with Gasteiger partial charge in [0, 0.05) is 24.5 Å². The number of benzene rings is 2. The molecule has 7 nitrogen and oxygen atoms in total. The lowest BCUT2D eigenvalue weighted by molar-refractivity contribution is -0.139. The summed E-state index contributed by atoms with van der Waals surface area (Å²) in [5, 5.41) is 10.1. The first-order chi connectivity index (χ1) is 14.7. The largest absolute Gasteiger partial charge is 0.480 e. The van der Waals surface area contributed by atoms with Gasteiger partial charge in [0.15, 0.2) is 0 Å². The van der Waals surface area contributed by atoms with Crippen LogP contribution in [0.2, 0.25) is 5.02 Å². The van der Waals surface area contributed by atoms with Gasteiger partial charge in [-0.25, -0.2) is 8.42 Å². The fraction of sp³-hybridized carbons (Fsp3) is 0.364. The maximum absolute atomic E-state index is 12.7. The highest BCUT2D eigenvalue weighted by molar-refractivity contribution is 7.89. The Bertz CT molecular complexity index is 1030. The van der Waals surface area contributed by atoms with Crippen LogP contribution < -0.4 is 4.72 Å². The molecule has 1 aliphatic carbocycles. The van der Waals surface area contributed by atoms with Crippen molar-refractivity contribution in [2.24, 2.45) is 5.92 Å². The number of nitrogens with zero attached hydrogens (tertiary/aromatic N) is 1. The Morgan fingerprint density at radius 3 is 2.16 bits per heavy atom. The molecular formula is C22H25ClN2O5S. The first-order valence-electron chi connectivity index (χ1n) is 10.0. The number of hydrogen-bond donors (Lipinski definition) is 2. The predicted octanol–water partition coefficient (Wildman–Crippen LogP) is 3.39. The van der Waals surface area contributed by atoms with E-state index >= 15 is 0 Å². The van der Waals surface area contributed by atoms with E-state index in [1.165, 1.54) is 12.1 Å². The standard InChI is InChI=1S/C22H25ClN2O5S/c1-25(21(26)17-4-5-17)14-2-3-20(22(27)28)24-31(29,30)19-12-8-16(9-13-19)15-6-10-18(23)11-7-15/h6-13,17,20,24H,2-5,14H2,1H3,(H,27,28)/t20-/m0/s1. The van der Waals surface area contributed by atoms with Gasteiger partial charge >= 0.3 is 5.97 Å². The molecule has 0 aliphatic heterocycles. The van der Waals surface area contributed by atoms with Crippen LogP contribution in [0.4, 0.5) is 0 Å². The third kappa shape index (κ3) is 6.29. The molecule has 2 N–H and O–H groups in total. The molecule has 1 amide bonds. The second-order valence-corrected chi connectivity index (χ2v) is 9.87. The van der Waals surface area contributed by atoms with Crippen LogP contribution in [0.3, 0.4) is 0 Å². The smallest absolute Gasteiger partial charge is 0.321 e.